The van der Waals surface area contributed by atoms with Crippen LogP contribution in [-0.2, 0) is 4.79 Å². The SMILES string of the molecule is CC1CCCN1C(=O)CC(NC(=O)c1ccccc1Cl)c1ccccc1. The quantitative estimate of drug-likeness (QED) is 0.856. The molecule has 1 aliphatic heterocycles. The molecule has 2 unspecified atom stereocenters. The Balaban J connectivity index is 1.79. The third kappa shape index (κ3) is 4.25. The first kappa shape index (κ1) is 18.5. The highest BCUT2D eigenvalue weighted by molar-refractivity contribution is 6.33. The van der Waals surface area contributed by atoms with E-state index in [1.54, 1.807) is 24.3 Å². The van der Waals surface area contributed by atoms with Crippen molar-refractivity contribution in [3.05, 3.63) is 70.7 Å². The van der Waals surface area contributed by atoms with Crippen LogP contribution in [0.3, 0.4) is 0 Å². The molecular weight excluding hydrogens is 348 g/mol. The summed E-state index contributed by atoms with van der Waals surface area (Å²) in [4.78, 5) is 27.4. The van der Waals surface area contributed by atoms with Crippen molar-refractivity contribution in [3.63, 3.8) is 0 Å². The van der Waals surface area contributed by atoms with E-state index in [1.165, 1.54) is 0 Å². The van der Waals surface area contributed by atoms with Gasteiger partial charge in [0.2, 0.25) is 5.91 Å². The van der Waals surface area contributed by atoms with Crippen molar-refractivity contribution in [2.75, 3.05) is 6.54 Å². The standard InChI is InChI=1S/C21H23ClN2O2/c1-15-8-7-13-24(15)20(25)14-19(16-9-3-2-4-10-16)23-21(26)17-11-5-6-12-18(17)22/h2-6,9-12,15,19H,7-8,13-14H2,1H3,(H,23,26). The number of amides is 2. The molecule has 5 heteroatoms. The second kappa shape index (κ2) is 8.37. The van der Waals surface area contributed by atoms with E-state index in [9.17, 15) is 9.59 Å². The minimum absolute atomic E-state index is 0.0725. The van der Waals surface area contributed by atoms with Crippen molar-refractivity contribution in [1.82, 2.24) is 10.2 Å². The van der Waals surface area contributed by atoms with Crippen molar-refractivity contribution in [1.29, 1.82) is 0 Å². The lowest BCUT2D eigenvalue weighted by Crippen LogP contribution is -2.38. The Kier molecular flexibility index (Phi) is 5.94. The molecule has 2 aromatic carbocycles. The van der Waals surface area contributed by atoms with Crippen LogP contribution in [0.5, 0.6) is 0 Å². The highest BCUT2D eigenvalue weighted by Gasteiger charge is 2.28. The summed E-state index contributed by atoms with van der Waals surface area (Å²) in [5, 5.41) is 3.39. The topological polar surface area (TPSA) is 49.4 Å². The Bertz CT molecular complexity index is 779. The van der Waals surface area contributed by atoms with Gasteiger partial charge in [0.15, 0.2) is 0 Å². The van der Waals surface area contributed by atoms with Crippen LogP contribution in [0, 0.1) is 0 Å². The van der Waals surface area contributed by atoms with Crippen molar-refractivity contribution in [2.45, 2.75) is 38.3 Å². The van der Waals surface area contributed by atoms with Crippen LogP contribution in [0.25, 0.3) is 0 Å². The number of carbonyl (C=O) groups excluding carboxylic acids is 2. The van der Waals surface area contributed by atoms with Gasteiger partial charge in [-0.25, -0.2) is 0 Å². The van der Waals surface area contributed by atoms with Gasteiger partial charge in [-0.3, -0.25) is 9.59 Å². The van der Waals surface area contributed by atoms with E-state index >= 15 is 0 Å². The molecule has 0 bridgehead atoms. The fourth-order valence-corrected chi connectivity index (χ4v) is 3.64. The summed E-state index contributed by atoms with van der Waals surface area (Å²) in [6.07, 6.45) is 2.31. The fraction of sp³-hybridized carbons (Fsp3) is 0.333. The van der Waals surface area contributed by atoms with E-state index in [1.807, 2.05) is 35.2 Å². The van der Waals surface area contributed by atoms with Gasteiger partial charge in [-0.1, -0.05) is 54.1 Å². The number of hydrogen-bond acceptors (Lipinski definition) is 2. The normalized spacial score (nSPS) is 17.8. The first-order valence-corrected chi connectivity index (χ1v) is 9.34. The van der Waals surface area contributed by atoms with E-state index in [0.29, 0.717) is 10.6 Å². The molecule has 3 rings (SSSR count). The van der Waals surface area contributed by atoms with E-state index in [0.717, 1.165) is 24.9 Å². The molecule has 2 atom stereocenters. The van der Waals surface area contributed by atoms with Gasteiger partial charge in [-0.2, -0.15) is 0 Å². The summed E-state index contributed by atoms with van der Waals surface area (Å²) in [5.41, 5.74) is 1.32. The number of carbonyl (C=O) groups is 2. The zero-order chi connectivity index (χ0) is 18.5. The second-order valence-corrected chi connectivity index (χ2v) is 7.11. The molecule has 0 aliphatic carbocycles. The van der Waals surface area contributed by atoms with Crippen molar-refractivity contribution >= 4 is 23.4 Å². The minimum atomic E-state index is -0.389. The molecule has 1 fully saturated rings. The highest BCUT2D eigenvalue weighted by atomic mass is 35.5. The molecule has 1 heterocycles. The number of hydrogen-bond donors (Lipinski definition) is 1. The Morgan fingerprint density at radius 3 is 2.50 bits per heavy atom. The van der Waals surface area contributed by atoms with Gasteiger partial charge in [-0.05, 0) is 37.5 Å². The Hall–Kier alpha value is -2.33. The molecule has 0 radical (unpaired) electrons. The number of halogens is 1. The number of likely N-dealkylation sites (tertiary alicyclic amines) is 1. The average Bonchev–Trinajstić information content (AvgIpc) is 3.08. The lowest BCUT2D eigenvalue weighted by molar-refractivity contribution is -0.132. The van der Waals surface area contributed by atoms with E-state index in [4.69, 9.17) is 11.6 Å². The molecule has 1 saturated heterocycles. The van der Waals surface area contributed by atoms with Crippen LogP contribution in [0.4, 0.5) is 0 Å². The van der Waals surface area contributed by atoms with Crippen molar-refractivity contribution < 1.29 is 9.59 Å². The molecule has 1 aliphatic rings. The van der Waals surface area contributed by atoms with Crippen molar-refractivity contribution in [2.24, 2.45) is 0 Å². The first-order chi connectivity index (χ1) is 12.6. The molecule has 2 aromatic rings. The minimum Gasteiger partial charge on any atom is -0.345 e. The van der Waals surface area contributed by atoms with Gasteiger partial charge in [0.25, 0.3) is 5.91 Å². The molecule has 26 heavy (non-hydrogen) atoms. The molecular formula is C21H23ClN2O2. The fourth-order valence-electron chi connectivity index (χ4n) is 3.41. The van der Waals surface area contributed by atoms with E-state index < -0.39 is 0 Å². The first-order valence-electron chi connectivity index (χ1n) is 8.96. The largest absolute Gasteiger partial charge is 0.345 e. The predicted molar refractivity (Wildman–Crippen MR) is 103 cm³/mol. The number of nitrogens with one attached hydrogen (secondary N) is 1. The number of rotatable bonds is 5. The van der Waals surface area contributed by atoms with Gasteiger partial charge < -0.3 is 10.2 Å². The summed E-state index contributed by atoms with van der Waals surface area (Å²) in [7, 11) is 0. The van der Waals surface area contributed by atoms with Crippen LogP contribution < -0.4 is 5.32 Å². The van der Waals surface area contributed by atoms with Gasteiger partial charge in [0.1, 0.15) is 0 Å². The maximum atomic E-state index is 12.8. The second-order valence-electron chi connectivity index (χ2n) is 6.70. The smallest absolute Gasteiger partial charge is 0.253 e. The molecule has 4 nitrogen and oxygen atoms in total. The van der Waals surface area contributed by atoms with Crippen LogP contribution in [-0.4, -0.2) is 29.3 Å². The Morgan fingerprint density at radius 1 is 1.15 bits per heavy atom. The lowest BCUT2D eigenvalue weighted by Gasteiger charge is -2.25. The third-order valence-corrected chi connectivity index (χ3v) is 5.21. The van der Waals surface area contributed by atoms with Gasteiger partial charge >= 0.3 is 0 Å². The highest BCUT2D eigenvalue weighted by Crippen LogP contribution is 2.24. The average molecular weight is 371 g/mol. The molecule has 0 saturated carbocycles. The maximum absolute atomic E-state index is 12.8. The summed E-state index contributed by atoms with van der Waals surface area (Å²) in [5.74, 6) is -0.199. The van der Waals surface area contributed by atoms with Gasteiger partial charge in [0.05, 0.1) is 23.0 Å². The predicted octanol–water partition coefficient (Wildman–Crippen LogP) is 4.21. The number of nitrogens with zero attached hydrogens (tertiary/aromatic N) is 1. The van der Waals surface area contributed by atoms with Crippen molar-refractivity contribution in [3.8, 4) is 0 Å². The molecule has 0 spiro atoms. The molecule has 1 N–H and O–H groups in total. The van der Waals surface area contributed by atoms with Crippen LogP contribution in [0.1, 0.15) is 48.1 Å². The van der Waals surface area contributed by atoms with Crippen LogP contribution in [0.15, 0.2) is 54.6 Å². The maximum Gasteiger partial charge on any atom is 0.253 e. The monoisotopic (exact) mass is 370 g/mol. The summed E-state index contributed by atoms with van der Waals surface area (Å²) >= 11 is 6.14. The third-order valence-electron chi connectivity index (χ3n) is 4.88. The zero-order valence-electron chi connectivity index (χ0n) is 14.8. The molecule has 136 valence electrons. The Labute approximate surface area is 159 Å². The van der Waals surface area contributed by atoms with E-state index in [-0.39, 0.29) is 30.3 Å². The Morgan fingerprint density at radius 2 is 1.85 bits per heavy atom. The molecule has 2 amide bonds. The van der Waals surface area contributed by atoms with Crippen LogP contribution in [0.2, 0.25) is 5.02 Å². The lowest BCUT2D eigenvalue weighted by atomic mass is 10.0. The van der Waals surface area contributed by atoms with E-state index in [2.05, 4.69) is 12.2 Å². The summed E-state index contributed by atoms with van der Waals surface area (Å²) < 4.78 is 0. The van der Waals surface area contributed by atoms with Crippen LogP contribution >= 0.6 is 11.6 Å². The summed E-state index contributed by atoms with van der Waals surface area (Å²) in [6.45, 7) is 2.87. The molecule has 0 aromatic heterocycles. The van der Waals surface area contributed by atoms with Gasteiger partial charge in [0, 0.05) is 12.6 Å². The number of benzene rings is 2. The van der Waals surface area contributed by atoms with Gasteiger partial charge in [-0.15, -0.1) is 0 Å². The zero-order valence-corrected chi connectivity index (χ0v) is 15.6. The summed E-state index contributed by atoms with van der Waals surface area (Å²) in [6, 6.07) is 16.4.